The minimum Gasteiger partial charge on any atom is -0.322 e. The van der Waals surface area contributed by atoms with Gasteiger partial charge in [-0.3, -0.25) is 19.7 Å². The Morgan fingerprint density at radius 2 is 1.78 bits per heavy atom. The number of imide groups is 1. The van der Waals surface area contributed by atoms with Gasteiger partial charge in [-0.15, -0.1) is 0 Å². The van der Waals surface area contributed by atoms with E-state index < -0.39 is 11.9 Å². The molecule has 5 rings (SSSR count). The predicted octanol–water partition coefficient (Wildman–Crippen LogP) is 1.30. The molecule has 3 fully saturated rings. The SMILES string of the molecule is O=C1CCC(N2Cc3c(cc(F)cc3C3C4CCC3CNC4)C2=O)C(=O)N1. The first kappa shape index (κ1) is 16.9. The van der Waals surface area contributed by atoms with E-state index in [0.29, 0.717) is 30.4 Å². The van der Waals surface area contributed by atoms with Crippen LogP contribution in [0.3, 0.4) is 0 Å². The molecule has 142 valence electrons. The maximum atomic E-state index is 14.4. The van der Waals surface area contributed by atoms with Gasteiger partial charge in [0.05, 0.1) is 0 Å². The largest absolute Gasteiger partial charge is 0.322 e. The highest BCUT2D eigenvalue weighted by molar-refractivity contribution is 6.05. The lowest BCUT2D eigenvalue weighted by molar-refractivity contribution is -0.136. The molecule has 3 atom stereocenters. The molecular weight excluding hydrogens is 349 g/mol. The minimum atomic E-state index is -0.664. The van der Waals surface area contributed by atoms with Gasteiger partial charge in [-0.2, -0.15) is 0 Å². The second kappa shape index (κ2) is 6.12. The highest BCUT2D eigenvalue weighted by atomic mass is 19.1. The highest BCUT2D eigenvalue weighted by Crippen LogP contribution is 2.48. The van der Waals surface area contributed by atoms with Gasteiger partial charge in [-0.1, -0.05) is 0 Å². The number of amides is 3. The summed E-state index contributed by atoms with van der Waals surface area (Å²) in [5.41, 5.74) is 2.20. The number of nitrogens with zero attached hydrogens (tertiary/aromatic N) is 1. The molecule has 1 saturated carbocycles. The predicted molar refractivity (Wildman–Crippen MR) is 94.3 cm³/mol. The molecule has 6 nitrogen and oxygen atoms in total. The van der Waals surface area contributed by atoms with Crippen molar-refractivity contribution in [1.82, 2.24) is 15.5 Å². The third kappa shape index (κ3) is 2.59. The summed E-state index contributed by atoms with van der Waals surface area (Å²) in [6, 6.07) is 2.24. The first-order valence-electron chi connectivity index (χ1n) is 9.70. The van der Waals surface area contributed by atoms with Gasteiger partial charge in [0.1, 0.15) is 11.9 Å². The average Bonchev–Trinajstić information content (AvgIpc) is 3.08. The summed E-state index contributed by atoms with van der Waals surface area (Å²) in [4.78, 5) is 38.2. The molecule has 0 aromatic heterocycles. The fourth-order valence-electron chi connectivity index (χ4n) is 5.54. The smallest absolute Gasteiger partial charge is 0.255 e. The molecule has 0 radical (unpaired) electrons. The van der Waals surface area contributed by atoms with Crippen LogP contribution in [-0.4, -0.2) is 41.8 Å². The molecule has 1 aliphatic carbocycles. The molecule has 4 aliphatic rings. The van der Waals surface area contributed by atoms with Crippen molar-refractivity contribution in [3.63, 3.8) is 0 Å². The normalized spacial score (nSPS) is 32.6. The summed E-state index contributed by atoms with van der Waals surface area (Å²) < 4.78 is 14.4. The zero-order chi connectivity index (χ0) is 18.7. The molecule has 2 N–H and O–H groups in total. The Labute approximate surface area is 156 Å². The quantitative estimate of drug-likeness (QED) is 0.768. The Bertz CT molecular complexity index is 839. The lowest BCUT2D eigenvalue weighted by atomic mass is 9.78. The molecule has 3 aliphatic heterocycles. The van der Waals surface area contributed by atoms with E-state index in [0.717, 1.165) is 37.1 Å². The molecule has 3 heterocycles. The highest BCUT2D eigenvalue weighted by Gasteiger charge is 2.45. The summed E-state index contributed by atoms with van der Waals surface area (Å²) >= 11 is 0. The van der Waals surface area contributed by atoms with Gasteiger partial charge in [0.25, 0.3) is 5.91 Å². The summed E-state index contributed by atoms with van der Waals surface area (Å²) in [5, 5.41) is 5.77. The van der Waals surface area contributed by atoms with Crippen molar-refractivity contribution in [3.05, 3.63) is 34.6 Å². The maximum Gasteiger partial charge on any atom is 0.255 e. The van der Waals surface area contributed by atoms with Gasteiger partial charge < -0.3 is 10.2 Å². The Kier molecular flexibility index (Phi) is 3.82. The van der Waals surface area contributed by atoms with E-state index in [1.807, 2.05) is 0 Å². The van der Waals surface area contributed by atoms with Crippen LogP contribution < -0.4 is 10.6 Å². The molecule has 3 unspecified atom stereocenters. The number of carbonyl (C=O) groups is 3. The summed E-state index contributed by atoms with van der Waals surface area (Å²) in [5.74, 6) is -0.231. The number of benzene rings is 1. The van der Waals surface area contributed by atoms with Crippen LogP contribution in [0.5, 0.6) is 0 Å². The number of fused-ring (bicyclic) bond motifs is 3. The summed E-state index contributed by atoms with van der Waals surface area (Å²) in [6.07, 6.45) is 2.79. The van der Waals surface area contributed by atoms with Crippen molar-refractivity contribution in [3.8, 4) is 0 Å². The standard InChI is InChI=1S/C20H22FN3O3/c21-12-5-13(18-10-1-2-11(18)8-22-7-10)15-9-24(20(27)14(15)6-12)16-3-4-17(25)23-19(16)26/h5-6,10-11,16,18,22H,1-4,7-9H2,(H,23,25,26). The van der Waals surface area contributed by atoms with E-state index in [9.17, 15) is 18.8 Å². The lowest BCUT2D eigenvalue weighted by Crippen LogP contribution is -2.52. The van der Waals surface area contributed by atoms with E-state index in [1.165, 1.54) is 11.0 Å². The fourth-order valence-corrected chi connectivity index (χ4v) is 5.54. The Morgan fingerprint density at radius 1 is 1.04 bits per heavy atom. The maximum absolute atomic E-state index is 14.4. The number of carbonyl (C=O) groups excluding carboxylic acids is 3. The number of piperidine rings is 2. The van der Waals surface area contributed by atoms with Gasteiger partial charge in [-0.25, -0.2) is 4.39 Å². The van der Waals surface area contributed by atoms with Crippen molar-refractivity contribution < 1.29 is 18.8 Å². The van der Waals surface area contributed by atoms with Crippen molar-refractivity contribution in [1.29, 1.82) is 0 Å². The number of hydrogen-bond donors (Lipinski definition) is 2. The van der Waals surface area contributed by atoms with E-state index in [-0.39, 0.29) is 30.0 Å². The van der Waals surface area contributed by atoms with E-state index in [1.54, 1.807) is 6.07 Å². The molecule has 0 spiro atoms. The van der Waals surface area contributed by atoms with Crippen molar-refractivity contribution in [2.75, 3.05) is 13.1 Å². The molecule has 3 amide bonds. The van der Waals surface area contributed by atoms with Crippen LogP contribution in [0.4, 0.5) is 4.39 Å². The molecule has 27 heavy (non-hydrogen) atoms. The van der Waals surface area contributed by atoms with Crippen LogP contribution in [0.2, 0.25) is 0 Å². The minimum absolute atomic E-state index is 0.218. The van der Waals surface area contributed by atoms with Gasteiger partial charge in [-0.05, 0) is 73.4 Å². The lowest BCUT2D eigenvalue weighted by Gasteiger charge is -2.33. The third-order valence-electron chi connectivity index (χ3n) is 6.75. The molecule has 1 aromatic carbocycles. The second-order valence-electron chi connectivity index (χ2n) is 8.20. The van der Waals surface area contributed by atoms with Crippen molar-refractivity contribution >= 4 is 17.7 Å². The fraction of sp³-hybridized carbons (Fsp3) is 0.550. The van der Waals surface area contributed by atoms with E-state index >= 15 is 0 Å². The molecular formula is C20H22FN3O3. The van der Waals surface area contributed by atoms with Crippen LogP contribution in [0.25, 0.3) is 0 Å². The summed E-state index contributed by atoms with van der Waals surface area (Å²) in [7, 11) is 0. The average molecular weight is 371 g/mol. The number of nitrogens with one attached hydrogen (secondary N) is 2. The third-order valence-corrected chi connectivity index (χ3v) is 6.75. The van der Waals surface area contributed by atoms with Crippen molar-refractivity contribution in [2.24, 2.45) is 11.8 Å². The Hall–Kier alpha value is -2.28. The zero-order valence-corrected chi connectivity index (χ0v) is 15.0. The molecule has 1 aromatic rings. The number of rotatable bonds is 2. The first-order valence-corrected chi connectivity index (χ1v) is 9.70. The molecule has 7 heteroatoms. The van der Waals surface area contributed by atoms with Gasteiger partial charge in [0.15, 0.2) is 0 Å². The zero-order valence-electron chi connectivity index (χ0n) is 15.0. The van der Waals surface area contributed by atoms with Crippen LogP contribution in [0, 0.1) is 17.7 Å². The van der Waals surface area contributed by atoms with Crippen LogP contribution in [0.1, 0.15) is 53.1 Å². The van der Waals surface area contributed by atoms with E-state index in [2.05, 4.69) is 10.6 Å². The topological polar surface area (TPSA) is 78.5 Å². The first-order chi connectivity index (χ1) is 13.0. The Morgan fingerprint density at radius 3 is 2.48 bits per heavy atom. The number of halogens is 1. The van der Waals surface area contributed by atoms with Crippen LogP contribution in [0.15, 0.2) is 12.1 Å². The van der Waals surface area contributed by atoms with E-state index in [4.69, 9.17) is 0 Å². The Balaban J connectivity index is 1.51. The summed E-state index contributed by atoms with van der Waals surface area (Å²) in [6.45, 7) is 2.17. The monoisotopic (exact) mass is 371 g/mol. The van der Waals surface area contributed by atoms with Gasteiger partial charge in [0, 0.05) is 18.5 Å². The van der Waals surface area contributed by atoms with Crippen LogP contribution >= 0.6 is 0 Å². The molecule has 2 bridgehead atoms. The second-order valence-corrected chi connectivity index (χ2v) is 8.20. The molecule has 2 saturated heterocycles. The van der Waals surface area contributed by atoms with Gasteiger partial charge in [0.2, 0.25) is 11.8 Å². The van der Waals surface area contributed by atoms with Crippen molar-refractivity contribution in [2.45, 2.75) is 44.2 Å². The number of hydrogen-bond acceptors (Lipinski definition) is 4. The van der Waals surface area contributed by atoms with Crippen LogP contribution in [-0.2, 0) is 16.1 Å². The van der Waals surface area contributed by atoms with Gasteiger partial charge >= 0.3 is 0 Å².